The largest absolute Gasteiger partial charge is 0.405 e. The van der Waals surface area contributed by atoms with Crippen LogP contribution in [0.5, 0.6) is 0 Å². The van der Waals surface area contributed by atoms with Gasteiger partial charge in [0.1, 0.15) is 18.4 Å². The van der Waals surface area contributed by atoms with E-state index in [0.717, 1.165) is 4.90 Å². The van der Waals surface area contributed by atoms with Crippen LogP contribution in [0.1, 0.15) is 12.5 Å². The minimum Gasteiger partial charge on any atom is -0.347 e. The summed E-state index contributed by atoms with van der Waals surface area (Å²) in [6.07, 6.45) is -2.94. The first-order valence-corrected chi connectivity index (χ1v) is 4.64. The summed E-state index contributed by atoms with van der Waals surface area (Å²) in [7, 11) is 0. The molecule has 0 aliphatic rings. The molecular weight excluding hydrogens is 219 g/mol. The Morgan fingerprint density at radius 2 is 2.19 bits per heavy atom. The van der Waals surface area contributed by atoms with Crippen molar-refractivity contribution in [2.24, 2.45) is 0 Å². The van der Waals surface area contributed by atoms with Crippen molar-refractivity contribution < 1.29 is 13.2 Å². The maximum absolute atomic E-state index is 12.3. The molecule has 1 rings (SSSR count). The van der Waals surface area contributed by atoms with Gasteiger partial charge in [-0.3, -0.25) is 0 Å². The molecule has 0 amide bonds. The van der Waals surface area contributed by atoms with Crippen molar-refractivity contribution in [3.05, 3.63) is 23.9 Å². The lowest BCUT2D eigenvalue weighted by Crippen LogP contribution is -2.35. The van der Waals surface area contributed by atoms with Crippen LogP contribution in [0.2, 0.25) is 0 Å². The Labute approximate surface area is 91.1 Å². The summed E-state index contributed by atoms with van der Waals surface area (Å²) in [6, 6.07) is 4.79. The van der Waals surface area contributed by atoms with Gasteiger partial charge >= 0.3 is 6.18 Å². The van der Waals surface area contributed by atoms with Crippen LogP contribution in [0.15, 0.2) is 18.3 Å². The summed E-state index contributed by atoms with van der Waals surface area (Å²) in [4.78, 5) is 4.83. The number of rotatable bonds is 3. The predicted molar refractivity (Wildman–Crippen MR) is 52.9 cm³/mol. The number of aromatic nitrogens is 1. The predicted octanol–water partition coefficient (Wildman–Crippen LogP) is 2.34. The van der Waals surface area contributed by atoms with Crippen molar-refractivity contribution in [3.63, 3.8) is 0 Å². The quantitative estimate of drug-likeness (QED) is 0.798. The van der Waals surface area contributed by atoms with E-state index in [9.17, 15) is 13.2 Å². The Morgan fingerprint density at radius 3 is 2.69 bits per heavy atom. The molecule has 0 saturated carbocycles. The number of pyridine rings is 1. The molecule has 0 unspecified atom stereocenters. The lowest BCUT2D eigenvalue weighted by molar-refractivity contribution is -0.119. The number of halogens is 3. The standard InChI is InChI=1S/C10H10F3N3/c1-2-16(7-10(11,12)13)9-8(6-14)4-3-5-15-9/h3-5H,2,7H2,1H3. The summed E-state index contributed by atoms with van der Waals surface area (Å²) in [5.74, 6) is 0.0739. The molecule has 86 valence electrons. The lowest BCUT2D eigenvalue weighted by atomic mass is 10.2. The highest BCUT2D eigenvalue weighted by Gasteiger charge is 2.31. The van der Waals surface area contributed by atoms with Gasteiger partial charge in [-0.05, 0) is 19.1 Å². The highest BCUT2D eigenvalue weighted by molar-refractivity contribution is 5.53. The van der Waals surface area contributed by atoms with Crippen LogP contribution >= 0.6 is 0 Å². The molecule has 0 bridgehead atoms. The van der Waals surface area contributed by atoms with E-state index in [2.05, 4.69) is 4.98 Å². The van der Waals surface area contributed by atoms with Gasteiger partial charge in [0.15, 0.2) is 0 Å². The Balaban J connectivity index is 3.00. The van der Waals surface area contributed by atoms with Gasteiger partial charge in [0.05, 0.1) is 5.56 Å². The summed E-state index contributed by atoms with van der Waals surface area (Å²) in [6.45, 7) is 0.627. The van der Waals surface area contributed by atoms with E-state index in [0.29, 0.717) is 0 Å². The van der Waals surface area contributed by atoms with Crippen LogP contribution in [-0.4, -0.2) is 24.2 Å². The third-order valence-corrected chi connectivity index (χ3v) is 1.96. The van der Waals surface area contributed by atoms with Crippen molar-refractivity contribution in [2.75, 3.05) is 18.0 Å². The van der Waals surface area contributed by atoms with Gasteiger partial charge in [-0.15, -0.1) is 0 Å². The van der Waals surface area contributed by atoms with E-state index in [1.54, 1.807) is 6.92 Å². The first kappa shape index (κ1) is 12.3. The molecule has 0 radical (unpaired) electrons. The van der Waals surface area contributed by atoms with Gasteiger partial charge in [0, 0.05) is 12.7 Å². The zero-order valence-corrected chi connectivity index (χ0v) is 8.62. The summed E-state index contributed by atoms with van der Waals surface area (Å²) >= 11 is 0. The molecule has 6 heteroatoms. The normalized spacial score (nSPS) is 10.9. The Morgan fingerprint density at radius 1 is 1.50 bits per heavy atom. The summed E-state index contributed by atoms with van der Waals surface area (Å²) < 4.78 is 36.8. The van der Waals surface area contributed by atoms with E-state index in [1.807, 2.05) is 6.07 Å². The van der Waals surface area contributed by atoms with E-state index in [-0.39, 0.29) is 17.9 Å². The number of hydrogen-bond acceptors (Lipinski definition) is 3. The first-order valence-electron chi connectivity index (χ1n) is 4.64. The zero-order chi connectivity index (χ0) is 12.2. The van der Waals surface area contributed by atoms with Gasteiger partial charge in [-0.2, -0.15) is 18.4 Å². The summed E-state index contributed by atoms with van der Waals surface area (Å²) in [5.41, 5.74) is 0.147. The minimum absolute atomic E-state index is 0.0739. The topological polar surface area (TPSA) is 39.9 Å². The maximum atomic E-state index is 12.3. The van der Waals surface area contributed by atoms with Crippen LogP contribution in [-0.2, 0) is 0 Å². The molecule has 0 spiro atoms. The SMILES string of the molecule is CCN(CC(F)(F)F)c1ncccc1C#N. The Hall–Kier alpha value is -1.77. The summed E-state index contributed by atoms with van der Waals surface area (Å²) in [5, 5.41) is 8.76. The Bertz CT molecular complexity index is 395. The van der Waals surface area contributed by atoms with Crippen LogP contribution in [0.25, 0.3) is 0 Å². The molecule has 3 nitrogen and oxygen atoms in total. The number of hydrogen-bond donors (Lipinski definition) is 0. The molecule has 16 heavy (non-hydrogen) atoms. The van der Waals surface area contributed by atoms with Gasteiger partial charge in [-0.25, -0.2) is 4.98 Å². The van der Waals surface area contributed by atoms with E-state index in [1.165, 1.54) is 18.3 Å². The molecule has 0 aliphatic carbocycles. The molecular formula is C10H10F3N3. The molecule has 0 aliphatic heterocycles. The fourth-order valence-corrected chi connectivity index (χ4v) is 1.29. The monoisotopic (exact) mass is 229 g/mol. The third-order valence-electron chi connectivity index (χ3n) is 1.96. The van der Waals surface area contributed by atoms with Crippen molar-refractivity contribution in [3.8, 4) is 6.07 Å². The zero-order valence-electron chi connectivity index (χ0n) is 8.62. The van der Waals surface area contributed by atoms with Crippen molar-refractivity contribution in [1.29, 1.82) is 5.26 Å². The highest BCUT2D eigenvalue weighted by Crippen LogP contribution is 2.22. The van der Waals surface area contributed by atoms with Crippen molar-refractivity contribution >= 4 is 5.82 Å². The average Bonchev–Trinajstić information content (AvgIpc) is 2.24. The molecule has 0 atom stereocenters. The first-order chi connectivity index (χ1) is 7.48. The number of anilines is 1. The maximum Gasteiger partial charge on any atom is 0.405 e. The number of alkyl halides is 3. The number of nitriles is 1. The smallest absolute Gasteiger partial charge is 0.347 e. The van der Waals surface area contributed by atoms with Gasteiger partial charge in [0.25, 0.3) is 0 Å². The molecule has 0 saturated heterocycles. The molecule has 1 aromatic rings. The Kier molecular flexibility index (Phi) is 3.72. The fraction of sp³-hybridized carbons (Fsp3) is 0.400. The fourth-order valence-electron chi connectivity index (χ4n) is 1.29. The minimum atomic E-state index is -4.31. The van der Waals surface area contributed by atoms with Crippen LogP contribution in [0.3, 0.4) is 0 Å². The van der Waals surface area contributed by atoms with Gasteiger partial charge in [-0.1, -0.05) is 0 Å². The average molecular weight is 229 g/mol. The van der Waals surface area contributed by atoms with E-state index in [4.69, 9.17) is 5.26 Å². The second kappa shape index (κ2) is 4.84. The molecule has 1 aromatic heterocycles. The van der Waals surface area contributed by atoms with Crippen LogP contribution in [0.4, 0.5) is 19.0 Å². The third kappa shape index (κ3) is 3.12. The molecule has 0 aromatic carbocycles. The van der Waals surface area contributed by atoms with Gasteiger partial charge < -0.3 is 4.90 Å². The van der Waals surface area contributed by atoms with E-state index >= 15 is 0 Å². The molecule has 0 N–H and O–H groups in total. The van der Waals surface area contributed by atoms with Crippen LogP contribution in [0, 0.1) is 11.3 Å². The van der Waals surface area contributed by atoms with Crippen molar-refractivity contribution in [2.45, 2.75) is 13.1 Å². The number of nitrogens with zero attached hydrogens (tertiary/aromatic N) is 3. The van der Waals surface area contributed by atoms with Crippen LogP contribution < -0.4 is 4.90 Å². The second-order valence-corrected chi connectivity index (χ2v) is 3.12. The second-order valence-electron chi connectivity index (χ2n) is 3.12. The highest BCUT2D eigenvalue weighted by atomic mass is 19.4. The molecule has 0 fully saturated rings. The lowest BCUT2D eigenvalue weighted by Gasteiger charge is -2.23. The van der Waals surface area contributed by atoms with Gasteiger partial charge in [0.2, 0.25) is 0 Å². The van der Waals surface area contributed by atoms with E-state index < -0.39 is 12.7 Å². The molecule has 1 heterocycles. The van der Waals surface area contributed by atoms with Crippen molar-refractivity contribution in [1.82, 2.24) is 4.98 Å².